The zero-order valence-electron chi connectivity index (χ0n) is 21.1. The molecule has 0 saturated carbocycles. The minimum Gasteiger partial charge on any atom is -0.363 e. The van der Waals surface area contributed by atoms with Gasteiger partial charge in [-0.05, 0) is 35.9 Å². The molecule has 6 aromatic heterocycles. The summed E-state index contributed by atoms with van der Waals surface area (Å²) < 4.78 is 19.4. The highest BCUT2D eigenvalue weighted by Crippen LogP contribution is 2.34. The van der Waals surface area contributed by atoms with Crippen LogP contribution in [0.4, 0.5) is 10.2 Å². The number of halogens is 2. The summed E-state index contributed by atoms with van der Waals surface area (Å²) in [5, 5.41) is 7.40. The second-order valence-electron chi connectivity index (χ2n) is 8.79. The Morgan fingerprint density at radius 3 is 2.54 bits per heavy atom. The van der Waals surface area contributed by atoms with Crippen molar-refractivity contribution in [2.45, 2.75) is 13.1 Å². The van der Waals surface area contributed by atoms with Gasteiger partial charge >= 0.3 is 0 Å². The molecule has 0 aliphatic heterocycles. The van der Waals surface area contributed by atoms with Crippen LogP contribution in [0.25, 0.3) is 22.4 Å². The Hall–Kier alpha value is -4.52. The van der Waals surface area contributed by atoms with Gasteiger partial charge in [0.15, 0.2) is 11.6 Å². The molecule has 9 nitrogen and oxygen atoms in total. The van der Waals surface area contributed by atoms with Gasteiger partial charge in [-0.2, -0.15) is 9.78 Å². The second kappa shape index (κ2) is 11.5. The molecule has 0 bridgehead atoms. The average molecular weight is 604 g/mol. The van der Waals surface area contributed by atoms with Crippen LogP contribution in [-0.2, 0) is 13.1 Å². The van der Waals surface area contributed by atoms with E-state index in [9.17, 15) is 9.59 Å². The first-order valence-corrected chi connectivity index (χ1v) is 14.3. The summed E-state index contributed by atoms with van der Waals surface area (Å²) in [6.45, 7) is 0.467. The van der Waals surface area contributed by atoms with Gasteiger partial charge in [-0.15, -0.1) is 22.7 Å². The minimum absolute atomic E-state index is 0.139. The summed E-state index contributed by atoms with van der Waals surface area (Å²) in [7, 11) is 0. The SMILES string of the molecule is O=C(c1cncs1)n1nc(-c2ccn(Cc3cccnc3)c(=O)c2-c2cccnc2)c(F)c1NCc1ccc(Cl)s1. The van der Waals surface area contributed by atoms with Gasteiger partial charge in [0.05, 0.1) is 34.7 Å². The maximum atomic E-state index is 16.3. The number of hydrogen-bond acceptors (Lipinski definition) is 9. The molecule has 0 aliphatic carbocycles. The molecule has 0 radical (unpaired) electrons. The molecule has 41 heavy (non-hydrogen) atoms. The van der Waals surface area contributed by atoms with Crippen molar-refractivity contribution in [1.82, 2.24) is 29.3 Å². The number of anilines is 1. The first-order valence-electron chi connectivity index (χ1n) is 12.2. The van der Waals surface area contributed by atoms with Crippen molar-refractivity contribution in [1.29, 1.82) is 0 Å². The van der Waals surface area contributed by atoms with E-state index in [4.69, 9.17) is 11.6 Å². The summed E-state index contributed by atoms with van der Waals surface area (Å²) in [6.07, 6.45) is 9.43. The number of hydrogen-bond donors (Lipinski definition) is 1. The molecule has 0 unspecified atom stereocenters. The predicted molar refractivity (Wildman–Crippen MR) is 157 cm³/mol. The van der Waals surface area contributed by atoms with Gasteiger partial charge in [0.1, 0.15) is 10.6 Å². The first-order chi connectivity index (χ1) is 20.0. The number of pyridine rings is 3. The molecule has 0 amide bonds. The highest BCUT2D eigenvalue weighted by molar-refractivity contribution is 7.16. The van der Waals surface area contributed by atoms with Crippen molar-refractivity contribution in [2.75, 3.05) is 5.32 Å². The highest BCUT2D eigenvalue weighted by Gasteiger charge is 2.28. The molecule has 0 spiro atoms. The first kappa shape index (κ1) is 26.7. The van der Waals surface area contributed by atoms with E-state index >= 15 is 4.39 Å². The Balaban J connectivity index is 1.50. The Morgan fingerprint density at radius 2 is 1.85 bits per heavy atom. The lowest BCUT2D eigenvalue weighted by Gasteiger charge is -2.12. The van der Waals surface area contributed by atoms with Crippen LogP contribution >= 0.6 is 34.3 Å². The van der Waals surface area contributed by atoms with E-state index in [1.165, 1.54) is 33.8 Å². The molecule has 1 N–H and O–H groups in total. The third-order valence-corrected chi connectivity index (χ3v) is 8.16. The molecule has 0 saturated heterocycles. The largest absolute Gasteiger partial charge is 0.363 e. The lowest BCUT2D eigenvalue weighted by atomic mass is 10.0. The number of thiophene rings is 1. The number of carbonyl (C=O) groups is 1. The Bertz CT molecular complexity index is 1890. The zero-order chi connectivity index (χ0) is 28.3. The van der Waals surface area contributed by atoms with Gasteiger partial charge < -0.3 is 9.88 Å². The highest BCUT2D eigenvalue weighted by atomic mass is 35.5. The predicted octanol–water partition coefficient (Wildman–Crippen LogP) is 5.83. The van der Waals surface area contributed by atoms with Gasteiger partial charge in [0.2, 0.25) is 0 Å². The van der Waals surface area contributed by atoms with Crippen molar-refractivity contribution < 1.29 is 9.18 Å². The molecule has 0 aliphatic rings. The molecular weight excluding hydrogens is 585 g/mol. The van der Waals surface area contributed by atoms with Crippen LogP contribution in [0.1, 0.15) is 20.1 Å². The standard InChI is InChI=1S/C28H19ClFN7O2S2/c29-22-6-5-19(41-22)13-34-26-24(30)25(35-37(26)27(38)21-14-33-16-40-21)20-7-10-36(15-17-3-1-8-31-11-17)28(39)23(20)18-4-2-9-32-12-18/h1-12,14,16,34H,13,15H2. The Labute approximate surface area is 245 Å². The maximum absolute atomic E-state index is 16.3. The van der Waals surface area contributed by atoms with Gasteiger partial charge in [-0.25, -0.2) is 4.39 Å². The summed E-state index contributed by atoms with van der Waals surface area (Å²) >= 11 is 8.51. The summed E-state index contributed by atoms with van der Waals surface area (Å²) in [4.78, 5) is 40.6. The molecule has 0 aromatic carbocycles. The molecule has 0 atom stereocenters. The molecule has 0 fully saturated rings. The molecule has 6 heterocycles. The van der Waals surface area contributed by atoms with Crippen LogP contribution in [0.2, 0.25) is 4.34 Å². The van der Waals surface area contributed by atoms with Crippen molar-refractivity contribution in [2.24, 2.45) is 0 Å². The van der Waals surface area contributed by atoms with E-state index in [-0.39, 0.29) is 46.2 Å². The van der Waals surface area contributed by atoms with E-state index in [1.54, 1.807) is 55.1 Å². The molecule has 6 rings (SSSR count). The van der Waals surface area contributed by atoms with Crippen LogP contribution in [0.15, 0.2) is 90.0 Å². The lowest BCUT2D eigenvalue weighted by molar-refractivity contribution is 0.0951. The smallest absolute Gasteiger partial charge is 0.291 e. The zero-order valence-corrected chi connectivity index (χ0v) is 23.5. The molecule has 13 heteroatoms. The molecule has 204 valence electrons. The van der Waals surface area contributed by atoms with E-state index in [2.05, 4.69) is 25.4 Å². The van der Waals surface area contributed by atoms with Crippen LogP contribution in [0.5, 0.6) is 0 Å². The van der Waals surface area contributed by atoms with E-state index in [0.717, 1.165) is 26.5 Å². The normalized spacial score (nSPS) is 11.1. The van der Waals surface area contributed by atoms with Gasteiger partial charge in [-0.3, -0.25) is 24.5 Å². The minimum atomic E-state index is -0.778. The van der Waals surface area contributed by atoms with Crippen LogP contribution < -0.4 is 10.9 Å². The number of carbonyl (C=O) groups excluding carboxylic acids is 1. The number of thiazole rings is 1. The monoisotopic (exact) mass is 603 g/mol. The van der Waals surface area contributed by atoms with Crippen molar-refractivity contribution in [3.8, 4) is 22.4 Å². The van der Waals surface area contributed by atoms with Crippen LogP contribution in [0.3, 0.4) is 0 Å². The Kier molecular flexibility index (Phi) is 7.51. The van der Waals surface area contributed by atoms with Crippen LogP contribution in [0, 0.1) is 5.82 Å². The topological polar surface area (TPSA) is 108 Å². The third-order valence-electron chi connectivity index (χ3n) is 6.17. The summed E-state index contributed by atoms with van der Waals surface area (Å²) in [5.74, 6) is -1.48. The number of rotatable bonds is 8. The second-order valence-corrected chi connectivity index (χ2v) is 11.5. The maximum Gasteiger partial charge on any atom is 0.291 e. The number of nitrogens with zero attached hydrogens (tertiary/aromatic N) is 6. The number of aromatic nitrogens is 6. The summed E-state index contributed by atoms with van der Waals surface area (Å²) in [5.41, 5.74) is 2.72. The number of nitrogens with one attached hydrogen (secondary N) is 1. The molecular formula is C28H19ClFN7O2S2. The van der Waals surface area contributed by atoms with Crippen molar-refractivity contribution in [3.63, 3.8) is 0 Å². The quantitative estimate of drug-likeness (QED) is 0.233. The van der Waals surface area contributed by atoms with Gasteiger partial charge in [-0.1, -0.05) is 23.7 Å². The van der Waals surface area contributed by atoms with Crippen molar-refractivity contribution >= 4 is 46.0 Å². The van der Waals surface area contributed by atoms with Crippen LogP contribution in [-0.4, -0.2) is 35.2 Å². The van der Waals surface area contributed by atoms with Gasteiger partial charge in [0, 0.05) is 47.0 Å². The lowest BCUT2D eigenvalue weighted by Crippen LogP contribution is -2.22. The molecule has 6 aromatic rings. The average Bonchev–Trinajstić information content (AvgIpc) is 3.75. The fraction of sp³-hybridized carbons (Fsp3) is 0.0714. The van der Waals surface area contributed by atoms with E-state index in [0.29, 0.717) is 9.90 Å². The van der Waals surface area contributed by atoms with Crippen molar-refractivity contribution in [3.05, 3.63) is 121 Å². The van der Waals surface area contributed by atoms with E-state index < -0.39 is 11.7 Å². The fourth-order valence-electron chi connectivity index (χ4n) is 4.29. The van der Waals surface area contributed by atoms with E-state index in [1.807, 2.05) is 12.1 Å². The Morgan fingerprint density at radius 1 is 1.02 bits per heavy atom. The fourth-order valence-corrected chi connectivity index (χ4v) is 5.86. The third kappa shape index (κ3) is 5.44. The van der Waals surface area contributed by atoms with Gasteiger partial charge in [0.25, 0.3) is 11.5 Å². The summed E-state index contributed by atoms with van der Waals surface area (Å²) in [6, 6.07) is 12.2.